The maximum Gasteiger partial charge on any atom is 0.240 e. The molecule has 1 N–H and O–H groups in total. The Morgan fingerprint density at radius 1 is 1.43 bits per heavy atom. The molecule has 0 saturated heterocycles. The van der Waals surface area contributed by atoms with E-state index in [1.165, 1.54) is 12.3 Å². The summed E-state index contributed by atoms with van der Waals surface area (Å²) in [6, 6.07) is 8.89. The number of rotatable bonds is 6. The number of benzene rings is 1. The lowest BCUT2D eigenvalue weighted by Gasteiger charge is -2.06. The number of hydrogen-bond acceptors (Lipinski definition) is 6. The van der Waals surface area contributed by atoms with Crippen LogP contribution in [-0.4, -0.2) is 26.6 Å². The first-order chi connectivity index (χ1) is 11.0. The van der Waals surface area contributed by atoms with Crippen molar-refractivity contribution in [1.82, 2.24) is 9.88 Å². The minimum absolute atomic E-state index is 0.0207. The quantitative estimate of drug-likeness (QED) is 0.857. The van der Waals surface area contributed by atoms with Crippen molar-refractivity contribution < 1.29 is 22.5 Å². The van der Waals surface area contributed by atoms with Crippen molar-refractivity contribution >= 4 is 15.9 Å². The van der Waals surface area contributed by atoms with Crippen LogP contribution >= 0.6 is 0 Å². The predicted molar refractivity (Wildman–Crippen MR) is 81.1 cm³/mol. The zero-order chi connectivity index (χ0) is 16.4. The molecule has 1 aliphatic carbocycles. The average molecular weight is 336 g/mol. The molecule has 1 saturated carbocycles. The monoisotopic (exact) mass is 336 g/mol. The fourth-order valence-electron chi connectivity index (χ4n) is 2.50. The summed E-state index contributed by atoms with van der Waals surface area (Å²) in [7, 11) is -2.20. The highest BCUT2D eigenvalue weighted by Crippen LogP contribution is 2.48. The van der Waals surface area contributed by atoms with E-state index in [9.17, 15) is 13.2 Å². The summed E-state index contributed by atoms with van der Waals surface area (Å²) >= 11 is 0. The zero-order valence-corrected chi connectivity index (χ0v) is 13.2. The van der Waals surface area contributed by atoms with Crippen LogP contribution in [0.1, 0.15) is 23.6 Å². The van der Waals surface area contributed by atoms with Gasteiger partial charge in [-0.2, -0.15) is 0 Å². The van der Waals surface area contributed by atoms with Gasteiger partial charge < -0.3 is 9.26 Å². The van der Waals surface area contributed by atoms with Crippen LogP contribution < -0.4 is 9.46 Å². The van der Waals surface area contributed by atoms with E-state index in [1.807, 2.05) is 24.3 Å². The second kappa shape index (κ2) is 6.04. The molecule has 2 unspecified atom stereocenters. The van der Waals surface area contributed by atoms with Crippen LogP contribution in [-0.2, 0) is 20.6 Å². The van der Waals surface area contributed by atoms with E-state index in [2.05, 4.69) is 14.4 Å². The Hall–Kier alpha value is -2.35. The third kappa shape index (κ3) is 3.70. The molecule has 0 radical (unpaired) electrons. The highest BCUT2D eigenvalue weighted by molar-refractivity contribution is 7.89. The molecule has 2 aromatic rings. The highest BCUT2D eigenvalue weighted by Gasteiger charge is 2.45. The number of methoxy groups -OCH3 is 1. The molecule has 0 aliphatic heterocycles. The summed E-state index contributed by atoms with van der Waals surface area (Å²) in [5.41, 5.74) is 1.23. The van der Waals surface area contributed by atoms with E-state index in [4.69, 9.17) is 4.74 Å². The molecule has 2 atom stereocenters. The Kier molecular flexibility index (Phi) is 4.08. The lowest BCUT2D eigenvalue weighted by atomic mass is 10.1. The summed E-state index contributed by atoms with van der Waals surface area (Å²) in [5, 5.41) is 3.53. The van der Waals surface area contributed by atoms with Crippen LogP contribution in [0, 0.1) is 5.92 Å². The van der Waals surface area contributed by atoms with E-state index < -0.39 is 15.9 Å². The van der Waals surface area contributed by atoms with Crippen LogP contribution in [0.2, 0.25) is 0 Å². The van der Waals surface area contributed by atoms with Gasteiger partial charge in [-0.15, -0.1) is 0 Å². The van der Waals surface area contributed by atoms with Crippen LogP contribution in [0.4, 0.5) is 0 Å². The van der Waals surface area contributed by atoms with Gasteiger partial charge in [0.2, 0.25) is 15.9 Å². The van der Waals surface area contributed by atoms with Gasteiger partial charge in [-0.25, -0.2) is 8.42 Å². The SMILES string of the molecule is COc1cccc(C2CC2C(=O)NS(=O)(=O)Cc2ccon2)c1. The molecule has 1 aromatic carbocycles. The number of hydrogen-bond donors (Lipinski definition) is 1. The molecule has 0 spiro atoms. The lowest BCUT2D eigenvalue weighted by molar-refractivity contribution is -0.120. The number of carbonyl (C=O) groups is 1. The third-order valence-corrected chi connectivity index (χ3v) is 4.92. The smallest absolute Gasteiger partial charge is 0.240 e. The Morgan fingerprint density at radius 3 is 2.96 bits per heavy atom. The molecular formula is C15H16N2O5S. The molecule has 1 aromatic heterocycles. The summed E-state index contributed by atoms with van der Waals surface area (Å²) in [5.74, 6) is -0.471. The minimum atomic E-state index is -3.77. The normalized spacial score (nSPS) is 20.0. The summed E-state index contributed by atoms with van der Waals surface area (Å²) in [6.07, 6.45) is 1.91. The highest BCUT2D eigenvalue weighted by atomic mass is 32.2. The number of ether oxygens (including phenoxy) is 1. The van der Waals surface area contributed by atoms with Crippen LogP contribution in [0.25, 0.3) is 0 Å². The molecule has 7 nitrogen and oxygen atoms in total. The molecule has 1 aliphatic rings. The molecular weight excluding hydrogens is 320 g/mol. The minimum Gasteiger partial charge on any atom is -0.497 e. The fraction of sp³-hybridized carbons (Fsp3) is 0.333. The number of sulfonamides is 1. The maximum atomic E-state index is 12.1. The summed E-state index contributed by atoms with van der Waals surface area (Å²) in [6.45, 7) is 0. The fourth-order valence-corrected chi connectivity index (χ4v) is 3.57. The lowest BCUT2D eigenvalue weighted by Crippen LogP contribution is -2.33. The number of amides is 1. The Bertz CT molecular complexity index is 801. The molecule has 1 fully saturated rings. The Balaban J connectivity index is 1.61. The van der Waals surface area contributed by atoms with Crippen molar-refractivity contribution in [2.75, 3.05) is 7.11 Å². The first-order valence-electron chi connectivity index (χ1n) is 7.06. The van der Waals surface area contributed by atoms with E-state index >= 15 is 0 Å². The van der Waals surface area contributed by atoms with Gasteiger partial charge >= 0.3 is 0 Å². The molecule has 1 heterocycles. The summed E-state index contributed by atoms with van der Waals surface area (Å²) < 4.78 is 35.7. The van der Waals surface area contributed by atoms with Gasteiger partial charge in [0.25, 0.3) is 0 Å². The second-order valence-electron chi connectivity index (χ2n) is 5.44. The van der Waals surface area contributed by atoms with Gasteiger partial charge in [-0.05, 0) is 30.0 Å². The van der Waals surface area contributed by atoms with E-state index in [1.54, 1.807) is 7.11 Å². The van der Waals surface area contributed by atoms with Crippen molar-refractivity contribution in [3.63, 3.8) is 0 Å². The van der Waals surface area contributed by atoms with Crippen molar-refractivity contribution in [2.24, 2.45) is 5.92 Å². The Morgan fingerprint density at radius 2 is 2.26 bits per heavy atom. The molecule has 0 bridgehead atoms. The van der Waals surface area contributed by atoms with Gasteiger partial charge in [0.15, 0.2) is 0 Å². The Labute approximate surface area is 133 Å². The predicted octanol–water partition coefficient (Wildman–Crippen LogP) is 1.43. The van der Waals surface area contributed by atoms with Crippen LogP contribution in [0.3, 0.4) is 0 Å². The molecule has 1 amide bonds. The molecule has 122 valence electrons. The van der Waals surface area contributed by atoms with Crippen molar-refractivity contribution in [3.05, 3.63) is 47.9 Å². The van der Waals surface area contributed by atoms with E-state index in [0.717, 1.165) is 5.56 Å². The van der Waals surface area contributed by atoms with E-state index in [-0.39, 0.29) is 23.3 Å². The van der Waals surface area contributed by atoms with Crippen LogP contribution in [0.15, 0.2) is 41.1 Å². The first-order valence-corrected chi connectivity index (χ1v) is 8.71. The molecule has 8 heteroatoms. The summed E-state index contributed by atoms with van der Waals surface area (Å²) in [4.78, 5) is 12.1. The number of aromatic nitrogens is 1. The first kappa shape index (κ1) is 15.5. The van der Waals surface area contributed by atoms with Crippen molar-refractivity contribution in [2.45, 2.75) is 18.1 Å². The van der Waals surface area contributed by atoms with Gasteiger partial charge in [0.05, 0.1) is 7.11 Å². The van der Waals surface area contributed by atoms with Gasteiger partial charge in [0, 0.05) is 12.0 Å². The van der Waals surface area contributed by atoms with Crippen LogP contribution in [0.5, 0.6) is 5.75 Å². The van der Waals surface area contributed by atoms with Crippen molar-refractivity contribution in [3.8, 4) is 5.75 Å². The molecule has 3 rings (SSSR count). The number of nitrogens with zero attached hydrogens (tertiary/aromatic N) is 1. The van der Waals surface area contributed by atoms with Gasteiger partial charge in [-0.3, -0.25) is 9.52 Å². The standard InChI is InChI=1S/C15H16N2O5S/c1-21-12-4-2-3-10(7-12)13-8-14(13)15(18)17-23(19,20)9-11-5-6-22-16-11/h2-7,13-14H,8-9H2,1H3,(H,17,18). The maximum absolute atomic E-state index is 12.1. The van der Waals surface area contributed by atoms with Gasteiger partial charge in [-0.1, -0.05) is 17.3 Å². The van der Waals surface area contributed by atoms with E-state index in [0.29, 0.717) is 12.2 Å². The zero-order valence-electron chi connectivity index (χ0n) is 12.4. The molecule has 23 heavy (non-hydrogen) atoms. The average Bonchev–Trinajstić information content (AvgIpc) is 3.18. The topological polar surface area (TPSA) is 98.5 Å². The number of carbonyl (C=O) groups excluding carboxylic acids is 1. The van der Waals surface area contributed by atoms with Gasteiger partial charge in [0.1, 0.15) is 23.5 Å². The van der Waals surface area contributed by atoms with Crippen molar-refractivity contribution in [1.29, 1.82) is 0 Å². The number of nitrogens with one attached hydrogen (secondary N) is 1. The largest absolute Gasteiger partial charge is 0.497 e. The third-order valence-electron chi connectivity index (χ3n) is 3.73. The second-order valence-corrected chi connectivity index (χ2v) is 7.16.